The molecule has 0 spiro atoms. The molecule has 0 radical (unpaired) electrons. The average molecular weight is 227 g/mol. The normalized spacial score (nSPS) is 10.4. The Kier molecular flexibility index (Phi) is 2.39. The van der Waals surface area contributed by atoms with Crippen molar-refractivity contribution in [2.75, 3.05) is 0 Å². The molecule has 3 nitrogen and oxygen atoms in total. The molecule has 0 amide bonds. The van der Waals surface area contributed by atoms with Gasteiger partial charge in [-0.05, 0) is 12.1 Å². The standard InChI is InChI=1S/C9H7ClN2OS/c1-12-5-11-4-6(12)9(13)7-2-3-8(10)14-7/h2-5H,1H3. The molecule has 2 heterocycles. The molecule has 0 N–H and O–H groups in total. The zero-order valence-corrected chi connectivity index (χ0v) is 8.97. The Morgan fingerprint density at radius 3 is 2.86 bits per heavy atom. The van der Waals surface area contributed by atoms with Crippen molar-refractivity contribution in [3.63, 3.8) is 0 Å². The third-order valence-corrected chi connectivity index (χ3v) is 3.08. The summed E-state index contributed by atoms with van der Waals surface area (Å²) in [5, 5.41) is 0. The van der Waals surface area contributed by atoms with Crippen LogP contribution in [-0.2, 0) is 7.05 Å². The van der Waals surface area contributed by atoms with Gasteiger partial charge in [0.2, 0.25) is 5.78 Å². The Hall–Kier alpha value is -1.13. The molecule has 72 valence electrons. The van der Waals surface area contributed by atoms with Gasteiger partial charge in [-0.1, -0.05) is 11.6 Å². The fraction of sp³-hybridized carbons (Fsp3) is 0.111. The molecular formula is C9H7ClN2OS. The Bertz CT molecular complexity index is 475. The number of nitrogens with zero attached hydrogens (tertiary/aromatic N) is 2. The van der Waals surface area contributed by atoms with Crippen LogP contribution in [0.3, 0.4) is 0 Å². The van der Waals surface area contributed by atoms with E-state index < -0.39 is 0 Å². The number of carbonyl (C=O) groups is 1. The highest BCUT2D eigenvalue weighted by atomic mass is 35.5. The smallest absolute Gasteiger partial charge is 0.220 e. The van der Waals surface area contributed by atoms with Gasteiger partial charge in [0.15, 0.2) is 0 Å². The van der Waals surface area contributed by atoms with Crippen LogP contribution < -0.4 is 0 Å². The van der Waals surface area contributed by atoms with Crippen LogP contribution in [0.2, 0.25) is 4.34 Å². The zero-order chi connectivity index (χ0) is 10.1. The summed E-state index contributed by atoms with van der Waals surface area (Å²) in [7, 11) is 1.79. The third kappa shape index (κ3) is 1.58. The van der Waals surface area contributed by atoms with E-state index in [0.29, 0.717) is 14.9 Å². The summed E-state index contributed by atoms with van der Waals surface area (Å²) in [6.45, 7) is 0. The van der Waals surface area contributed by atoms with E-state index in [0.717, 1.165) is 0 Å². The summed E-state index contributed by atoms with van der Waals surface area (Å²) in [6.07, 6.45) is 3.15. The summed E-state index contributed by atoms with van der Waals surface area (Å²) in [6, 6.07) is 3.44. The minimum Gasteiger partial charge on any atom is -0.331 e. The molecule has 5 heteroatoms. The van der Waals surface area contributed by atoms with Gasteiger partial charge in [-0.3, -0.25) is 4.79 Å². The summed E-state index contributed by atoms with van der Waals surface area (Å²) in [5.74, 6) is -0.0399. The first-order chi connectivity index (χ1) is 6.68. The van der Waals surface area contributed by atoms with E-state index in [-0.39, 0.29) is 5.78 Å². The lowest BCUT2D eigenvalue weighted by Gasteiger charge is -1.97. The zero-order valence-electron chi connectivity index (χ0n) is 7.40. The second-order valence-corrected chi connectivity index (χ2v) is 4.54. The maximum Gasteiger partial charge on any atom is 0.220 e. The van der Waals surface area contributed by atoms with Gasteiger partial charge in [0.1, 0.15) is 5.69 Å². The second kappa shape index (κ2) is 3.55. The molecule has 2 rings (SSSR count). The van der Waals surface area contributed by atoms with Gasteiger partial charge in [-0.25, -0.2) is 4.98 Å². The highest BCUT2D eigenvalue weighted by Gasteiger charge is 2.14. The second-order valence-electron chi connectivity index (χ2n) is 2.82. The van der Waals surface area contributed by atoms with Crippen LogP contribution in [0.5, 0.6) is 0 Å². The van der Waals surface area contributed by atoms with Crippen molar-refractivity contribution in [1.29, 1.82) is 0 Å². The maximum absolute atomic E-state index is 11.8. The van der Waals surface area contributed by atoms with Crippen LogP contribution in [-0.4, -0.2) is 15.3 Å². The first kappa shape index (κ1) is 9.43. The number of hydrogen-bond acceptors (Lipinski definition) is 3. The average Bonchev–Trinajstić information content (AvgIpc) is 2.73. The molecule has 2 aromatic rings. The Morgan fingerprint density at radius 1 is 1.57 bits per heavy atom. The van der Waals surface area contributed by atoms with Crippen molar-refractivity contribution in [2.45, 2.75) is 0 Å². The maximum atomic E-state index is 11.8. The molecule has 14 heavy (non-hydrogen) atoms. The van der Waals surface area contributed by atoms with E-state index in [2.05, 4.69) is 4.98 Å². The highest BCUT2D eigenvalue weighted by molar-refractivity contribution is 7.18. The third-order valence-electron chi connectivity index (χ3n) is 1.85. The SMILES string of the molecule is Cn1cncc1C(=O)c1ccc(Cl)s1. The lowest BCUT2D eigenvalue weighted by molar-refractivity contribution is 0.103. The van der Waals surface area contributed by atoms with Crippen molar-refractivity contribution in [3.8, 4) is 0 Å². The summed E-state index contributed by atoms with van der Waals surface area (Å²) < 4.78 is 2.31. The number of aromatic nitrogens is 2. The van der Waals surface area contributed by atoms with Crippen LogP contribution in [0.25, 0.3) is 0 Å². The van der Waals surface area contributed by atoms with Crippen LogP contribution >= 0.6 is 22.9 Å². The van der Waals surface area contributed by atoms with Crippen LogP contribution in [0.1, 0.15) is 15.4 Å². The molecule has 0 bridgehead atoms. The van der Waals surface area contributed by atoms with Crippen molar-refractivity contribution < 1.29 is 4.79 Å². The summed E-state index contributed by atoms with van der Waals surface area (Å²) in [4.78, 5) is 16.4. The van der Waals surface area contributed by atoms with E-state index in [4.69, 9.17) is 11.6 Å². The quantitative estimate of drug-likeness (QED) is 0.737. The van der Waals surface area contributed by atoms with E-state index >= 15 is 0 Å². The number of halogens is 1. The van der Waals surface area contributed by atoms with Crippen LogP contribution in [0, 0.1) is 0 Å². The number of aryl methyl sites for hydroxylation is 1. The van der Waals surface area contributed by atoms with E-state index in [9.17, 15) is 4.79 Å². The Morgan fingerprint density at radius 2 is 2.36 bits per heavy atom. The van der Waals surface area contributed by atoms with Gasteiger partial charge in [-0.2, -0.15) is 0 Å². The lowest BCUT2D eigenvalue weighted by Crippen LogP contribution is -2.04. The molecule has 0 atom stereocenters. The van der Waals surface area contributed by atoms with Gasteiger partial charge >= 0.3 is 0 Å². The predicted octanol–water partition coefficient (Wildman–Crippen LogP) is 2.37. The molecule has 2 aromatic heterocycles. The number of carbonyl (C=O) groups excluding carboxylic acids is 1. The fourth-order valence-electron chi connectivity index (χ4n) is 1.14. The van der Waals surface area contributed by atoms with E-state index in [1.165, 1.54) is 11.3 Å². The predicted molar refractivity (Wildman–Crippen MR) is 56.0 cm³/mol. The van der Waals surface area contributed by atoms with Crippen LogP contribution in [0.4, 0.5) is 0 Å². The van der Waals surface area contributed by atoms with Crippen LogP contribution in [0.15, 0.2) is 24.7 Å². The van der Waals surface area contributed by atoms with Gasteiger partial charge < -0.3 is 4.57 Å². The molecule has 0 aliphatic heterocycles. The van der Waals surface area contributed by atoms with Gasteiger partial charge in [-0.15, -0.1) is 11.3 Å². The molecule has 0 aliphatic carbocycles. The van der Waals surface area contributed by atoms with Gasteiger partial charge in [0, 0.05) is 7.05 Å². The largest absolute Gasteiger partial charge is 0.331 e. The number of imidazole rings is 1. The number of thiophene rings is 1. The highest BCUT2D eigenvalue weighted by Crippen LogP contribution is 2.23. The first-order valence-corrected chi connectivity index (χ1v) is 5.14. The van der Waals surface area contributed by atoms with Gasteiger partial charge in [0.05, 0.1) is 21.7 Å². The first-order valence-electron chi connectivity index (χ1n) is 3.95. The molecule has 0 fully saturated rings. The molecule has 0 unspecified atom stereocenters. The lowest BCUT2D eigenvalue weighted by atomic mass is 10.2. The minimum atomic E-state index is -0.0399. The summed E-state index contributed by atoms with van der Waals surface area (Å²) >= 11 is 7.03. The van der Waals surface area contributed by atoms with Crippen molar-refractivity contribution in [1.82, 2.24) is 9.55 Å². The van der Waals surface area contributed by atoms with E-state index in [1.807, 2.05) is 0 Å². The Balaban J connectivity index is 2.38. The monoisotopic (exact) mass is 226 g/mol. The van der Waals surface area contributed by atoms with E-state index in [1.54, 1.807) is 36.3 Å². The molecule has 0 aliphatic rings. The molecule has 0 saturated carbocycles. The minimum absolute atomic E-state index is 0.0399. The molecule has 0 saturated heterocycles. The number of ketones is 1. The van der Waals surface area contributed by atoms with Crippen molar-refractivity contribution in [2.24, 2.45) is 7.05 Å². The van der Waals surface area contributed by atoms with Gasteiger partial charge in [0.25, 0.3) is 0 Å². The fourth-order valence-corrected chi connectivity index (χ4v) is 2.13. The number of rotatable bonds is 2. The molecular weight excluding hydrogens is 220 g/mol. The Labute approximate surface area is 90.0 Å². The number of hydrogen-bond donors (Lipinski definition) is 0. The van der Waals surface area contributed by atoms with Crippen molar-refractivity contribution in [3.05, 3.63) is 39.6 Å². The van der Waals surface area contributed by atoms with Crippen molar-refractivity contribution >= 4 is 28.7 Å². The summed E-state index contributed by atoms with van der Waals surface area (Å²) in [5.41, 5.74) is 0.573. The topological polar surface area (TPSA) is 34.9 Å². The molecule has 0 aromatic carbocycles.